The number of nitrogens with two attached hydrogens (primary N) is 1. The predicted octanol–water partition coefficient (Wildman–Crippen LogP) is 2.53. The van der Waals surface area contributed by atoms with Crippen molar-refractivity contribution >= 4 is 30.9 Å². The van der Waals surface area contributed by atoms with E-state index < -0.39 is 62.2 Å². The lowest BCUT2D eigenvalue weighted by Crippen LogP contribution is -2.47. The number of aliphatic hydroxyl groups is 1. The number of rotatable bonds is 11. The number of para-hydroxylation sites is 1. The first-order valence-corrected chi connectivity index (χ1v) is 14.5. The largest absolute Gasteiger partial charge is 0.468 e. The first-order valence-electron chi connectivity index (χ1n) is 13.0. The molecule has 1 aromatic carbocycles. The minimum Gasteiger partial charge on any atom is -0.468 e. The van der Waals surface area contributed by atoms with Crippen LogP contribution in [0.5, 0.6) is 5.75 Å². The molecule has 0 spiro atoms. The number of aromatic nitrogens is 2. The van der Waals surface area contributed by atoms with Crippen LogP contribution in [-0.4, -0.2) is 64.2 Å². The number of hydrogen-bond acceptors (Lipinski definition) is 12. The fourth-order valence-corrected chi connectivity index (χ4v) is 5.81. The van der Waals surface area contributed by atoms with Gasteiger partial charge in [-0.25, -0.2) is 9.08 Å². The lowest BCUT2D eigenvalue weighted by molar-refractivity contribution is -0.159. The molecular weight excluding hydrogens is 569 g/mol. The number of nitrogen functional groups attached to an aromatic ring is 1. The molecule has 6 atom stereocenters. The van der Waals surface area contributed by atoms with Crippen LogP contribution in [0, 0.1) is 17.2 Å². The number of esters is 2. The Kier molecular flexibility index (Phi) is 9.20. The Hall–Kier alpha value is -3.99. The number of nitrogens with one attached hydrogen (secondary N) is 1. The Labute approximate surface area is 241 Å². The minimum absolute atomic E-state index is 0.134. The van der Waals surface area contributed by atoms with Crippen LogP contribution < -0.4 is 15.3 Å². The molecule has 2 aromatic heterocycles. The van der Waals surface area contributed by atoms with Gasteiger partial charge < -0.3 is 29.6 Å². The number of ether oxygens (including phenoxy) is 3. The van der Waals surface area contributed by atoms with E-state index in [1.165, 1.54) is 29.8 Å². The van der Waals surface area contributed by atoms with Gasteiger partial charge in [-0.1, -0.05) is 32.0 Å². The number of anilines is 1. The molecule has 0 bridgehead atoms. The molecule has 15 heteroatoms. The Morgan fingerprint density at radius 1 is 1.21 bits per heavy atom. The van der Waals surface area contributed by atoms with E-state index in [-0.39, 0.29) is 5.75 Å². The standard InChI is InChI=1S/C27H32N5O9P/c1-16(2)25(34)39-23-22(21-11-10-20-19(29)12-13-30-32(20)21)40-27(14-28,24(23)33)15-38-42(36,31-17(3)26(35)37-4)41-18-8-6-5-7-9-18/h5-13,16-17,22-24,33H,15,29H2,1-4H3,(H,31,36)/t17-,22-,23-,24-,27+,42?/m0/s1. The second kappa shape index (κ2) is 12.5. The summed E-state index contributed by atoms with van der Waals surface area (Å²) in [5, 5.41) is 28.5. The number of fused-ring (bicyclic) bond motifs is 1. The maximum atomic E-state index is 13.9. The molecule has 0 saturated carbocycles. The summed E-state index contributed by atoms with van der Waals surface area (Å²) in [5.41, 5.74) is 5.12. The molecule has 0 aliphatic carbocycles. The van der Waals surface area contributed by atoms with Crippen molar-refractivity contribution in [1.29, 1.82) is 5.26 Å². The molecule has 0 radical (unpaired) electrons. The van der Waals surface area contributed by atoms with Crippen LogP contribution >= 0.6 is 7.75 Å². The lowest BCUT2D eigenvalue weighted by Gasteiger charge is -2.28. The molecule has 42 heavy (non-hydrogen) atoms. The molecule has 4 N–H and O–H groups in total. The van der Waals surface area contributed by atoms with Crippen molar-refractivity contribution in [2.75, 3.05) is 19.5 Å². The molecule has 1 aliphatic rings. The summed E-state index contributed by atoms with van der Waals surface area (Å²) in [5.74, 6) is -1.83. The SMILES string of the molecule is COC(=O)[C@H](C)NP(=O)(OC[C@@]1(C#N)O[C@@H](c2ccc3c(N)ccnn23)[C@H](OC(=O)C(C)C)[C@@H]1O)Oc1ccccc1. The van der Waals surface area contributed by atoms with Crippen molar-refractivity contribution in [3.05, 3.63) is 60.4 Å². The van der Waals surface area contributed by atoms with Crippen LogP contribution in [0.1, 0.15) is 32.6 Å². The summed E-state index contributed by atoms with van der Waals surface area (Å²) in [6, 6.07) is 13.6. The second-order valence-corrected chi connectivity index (χ2v) is 11.6. The second-order valence-electron chi connectivity index (χ2n) is 9.93. The van der Waals surface area contributed by atoms with Crippen molar-refractivity contribution in [2.45, 2.75) is 50.7 Å². The zero-order valence-corrected chi connectivity index (χ0v) is 24.3. The summed E-state index contributed by atoms with van der Waals surface area (Å²) in [6.07, 6.45) is -2.91. The molecule has 1 unspecified atom stereocenters. The summed E-state index contributed by atoms with van der Waals surface area (Å²) in [7, 11) is -3.27. The van der Waals surface area contributed by atoms with Gasteiger partial charge in [-0.05, 0) is 37.3 Å². The van der Waals surface area contributed by atoms with Gasteiger partial charge in [0.2, 0.25) is 5.60 Å². The quantitative estimate of drug-likeness (QED) is 0.214. The van der Waals surface area contributed by atoms with Gasteiger partial charge in [-0.2, -0.15) is 15.4 Å². The number of carbonyl (C=O) groups excluding carboxylic acids is 2. The van der Waals surface area contributed by atoms with E-state index in [4.69, 9.17) is 29.0 Å². The van der Waals surface area contributed by atoms with Gasteiger partial charge in [0, 0.05) is 6.20 Å². The van der Waals surface area contributed by atoms with Crippen molar-refractivity contribution < 1.29 is 42.5 Å². The number of methoxy groups -OCH3 is 1. The van der Waals surface area contributed by atoms with E-state index in [1.54, 1.807) is 50.2 Å². The fourth-order valence-electron chi connectivity index (χ4n) is 4.29. The van der Waals surface area contributed by atoms with E-state index in [1.807, 2.05) is 6.07 Å². The molecule has 3 heterocycles. The fraction of sp³-hybridized carbons (Fsp3) is 0.407. The van der Waals surface area contributed by atoms with E-state index in [0.717, 1.165) is 7.11 Å². The molecule has 4 rings (SSSR count). The van der Waals surface area contributed by atoms with Crippen molar-refractivity contribution in [1.82, 2.24) is 14.7 Å². The monoisotopic (exact) mass is 601 g/mol. The van der Waals surface area contributed by atoms with Crippen molar-refractivity contribution in [3.63, 3.8) is 0 Å². The van der Waals surface area contributed by atoms with Crippen LogP contribution in [-0.2, 0) is 32.9 Å². The normalized spacial score (nSPS) is 24.1. The highest BCUT2D eigenvalue weighted by atomic mass is 31.2. The van der Waals surface area contributed by atoms with Crippen LogP contribution in [0.3, 0.4) is 0 Å². The smallest absolute Gasteiger partial charge is 0.459 e. The van der Waals surface area contributed by atoms with Crippen LogP contribution in [0.4, 0.5) is 5.69 Å². The summed E-state index contributed by atoms with van der Waals surface area (Å²) in [6.45, 7) is 3.78. The third kappa shape index (κ3) is 6.25. The van der Waals surface area contributed by atoms with Crippen LogP contribution in [0.15, 0.2) is 54.7 Å². The van der Waals surface area contributed by atoms with Gasteiger partial charge in [-0.3, -0.25) is 14.1 Å². The number of aliphatic hydroxyl groups excluding tert-OH is 1. The molecule has 1 fully saturated rings. The number of hydrogen-bond donors (Lipinski definition) is 3. The third-order valence-corrected chi connectivity index (χ3v) is 8.19. The third-order valence-electron chi connectivity index (χ3n) is 6.57. The average Bonchev–Trinajstić information content (AvgIpc) is 3.52. The number of benzene rings is 1. The molecule has 224 valence electrons. The topological polar surface area (TPSA) is 197 Å². The first-order chi connectivity index (χ1) is 19.9. The highest BCUT2D eigenvalue weighted by molar-refractivity contribution is 7.52. The number of nitrogens with zero attached hydrogens (tertiary/aromatic N) is 3. The predicted molar refractivity (Wildman–Crippen MR) is 148 cm³/mol. The zero-order valence-electron chi connectivity index (χ0n) is 23.4. The Morgan fingerprint density at radius 2 is 1.93 bits per heavy atom. The van der Waals surface area contributed by atoms with Gasteiger partial charge in [0.05, 0.1) is 29.9 Å². The molecule has 1 aliphatic heterocycles. The maximum absolute atomic E-state index is 13.9. The van der Waals surface area contributed by atoms with E-state index in [2.05, 4.69) is 10.2 Å². The van der Waals surface area contributed by atoms with Crippen molar-refractivity contribution in [2.24, 2.45) is 5.92 Å². The Morgan fingerprint density at radius 3 is 2.57 bits per heavy atom. The summed E-state index contributed by atoms with van der Waals surface area (Å²) >= 11 is 0. The van der Waals surface area contributed by atoms with E-state index in [9.17, 15) is 24.5 Å². The lowest BCUT2D eigenvalue weighted by atomic mass is 9.96. The molecule has 0 amide bonds. The average molecular weight is 602 g/mol. The molecular formula is C27H32N5O9P. The summed E-state index contributed by atoms with van der Waals surface area (Å²) in [4.78, 5) is 24.7. The molecule has 3 aromatic rings. The van der Waals surface area contributed by atoms with Gasteiger partial charge in [0.15, 0.2) is 6.10 Å². The number of nitriles is 1. The Balaban J connectivity index is 1.69. The van der Waals surface area contributed by atoms with Gasteiger partial charge >= 0.3 is 19.7 Å². The van der Waals surface area contributed by atoms with Crippen LogP contribution in [0.2, 0.25) is 0 Å². The maximum Gasteiger partial charge on any atom is 0.459 e. The first kappa shape index (κ1) is 31.0. The Bertz CT molecular complexity index is 1530. The highest BCUT2D eigenvalue weighted by Gasteiger charge is 2.59. The highest BCUT2D eigenvalue weighted by Crippen LogP contribution is 2.49. The molecule has 14 nitrogen and oxygen atoms in total. The van der Waals surface area contributed by atoms with Crippen molar-refractivity contribution in [3.8, 4) is 11.8 Å². The number of carbonyl (C=O) groups is 2. The van der Waals surface area contributed by atoms with E-state index in [0.29, 0.717) is 16.9 Å². The molecule has 1 saturated heterocycles. The zero-order chi connectivity index (χ0) is 30.7. The van der Waals surface area contributed by atoms with E-state index >= 15 is 0 Å². The van der Waals surface area contributed by atoms with Gasteiger partial charge in [0.1, 0.15) is 36.7 Å². The van der Waals surface area contributed by atoms with Gasteiger partial charge in [0.25, 0.3) is 0 Å². The van der Waals surface area contributed by atoms with Crippen LogP contribution in [0.25, 0.3) is 5.52 Å². The summed E-state index contributed by atoms with van der Waals surface area (Å²) < 4.78 is 43.0. The minimum atomic E-state index is -4.42. The van der Waals surface area contributed by atoms with Gasteiger partial charge in [-0.15, -0.1) is 0 Å².